The van der Waals surface area contributed by atoms with E-state index in [0.29, 0.717) is 13.2 Å². The van der Waals surface area contributed by atoms with Crippen LogP contribution in [-0.4, -0.2) is 49.0 Å². The Kier molecular flexibility index (Phi) is 7.11. The lowest BCUT2D eigenvalue weighted by Gasteiger charge is -2.05. The second-order valence-corrected chi connectivity index (χ2v) is 6.96. The minimum absolute atomic E-state index is 0.0491. The fourth-order valence-electron chi connectivity index (χ4n) is 2.63. The van der Waals surface area contributed by atoms with Gasteiger partial charge >= 0.3 is 0 Å². The Balaban J connectivity index is 1.83. The number of imidazole rings is 1. The molecule has 0 atom stereocenters. The molecule has 3 aromatic rings. The van der Waals surface area contributed by atoms with E-state index in [0.717, 1.165) is 33.4 Å². The van der Waals surface area contributed by atoms with E-state index in [-0.39, 0.29) is 11.7 Å². The van der Waals surface area contributed by atoms with E-state index in [4.69, 9.17) is 14.5 Å². The van der Waals surface area contributed by atoms with Crippen molar-refractivity contribution in [1.82, 2.24) is 15.3 Å². The molecule has 6 nitrogen and oxygen atoms in total. The zero-order valence-corrected chi connectivity index (χ0v) is 16.7. The molecule has 0 aliphatic rings. The number of hydrogen-bond acceptors (Lipinski definition) is 5. The summed E-state index contributed by atoms with van der Waals surface area (Å²) in [4.78, 5) is 20.2. The highest BCUT2D eigenvalue weighted by atomic mass is 32.2. The van der Waals surface area contributed by atoms with Crippen molar-refractivity contribution < 1.29 is 14.3 Å². The Morgan fingerprint density at radius 2 is 1.82 bits per heavy atom. The summed E-state index contributed by atoms with van der Waals surface area (Å²) in [6, 6.07) is 17.7. The van der Waals surface area contributed by atoms with Crippen LogP contribution in [0.1, 0.15) is 0 Å². The Labute approximate surface area is 168 Å². The average Bonchev–Trinajstić information content (AvgIpc) is 3.17. The maximum absolute atomic E-state index is 12.1. The first-order valence-electron chi connectivity index (χ1n) is 8.89. The molecule has 0 fully saturated rings. The summed E-state index contributed by atoms with van der Waals surface area (Å²) < 4.78 is 10.2. The number of ether oxygens (including phenoxy) is 2. The molecular weight excluding hydrogens is 374 g/mol. The van der Waals surface area contributed by atoms with Gasteiger partial charge in [-0.25, -0.2) is 4.98 Å². The summed E-state index contributed by atoms with van der Waals surface area (Å²) in [5.74, 6) is 1.80. The van der Waals surface area contributed by atoms with E-state index in [9.17, 15) is 4.79 Å². The van der Waals surface area contributed by atoms with Gasteiger partial charge < -0.3 is 19.8 Å². The highest BCUT2D eigenvalue weighted by Gasteiger charge is 2.15. The molecule has 0 saturated heterocycles. The van der Waals surface area contributed by atoms with Gasteiger partial charge in [-0.3, -0.25) is 4.79 Å². The molecular formula is C21H23N3O3S. The molecule has 0 aliphatic heterocycles. The molecule has 1 aromatic heterocycles. The maximum atomic E-state index is 12.1. The molecule has 2 aromatic carbocycles. The number of amides is 1. The molecule has 7 heteroatoms. The van der Waals surface area contributed by atoms with Crippen molar-refractivity contribution in [3.63, 3.8) is 0 Å². The van der Waals surface area contributed by atoms with Crippen LogP contribution in [0.4, 0.5) is 0 Å². The number of rotatable bonds is 9. The SMILES string of the molecule is COCCNC(=O)CSc1nc(-c2ccccc2)[nH]c1-c1ccc(OC)cc1. The molecule has 2 N–H and O–H groups in total. The molecule has 146 valence electrons. The third-order valence-electron chi connectivity index (χ3n) is 4.06. The third-order valence-corrected chi connectivity index (χ3v) is 5.04. The average molecular weight is 398 g/mol. The number of hydrogen-bond donors (Lipinski definition) is 2. The van der Waals surface area contributed by atoms with Crippen LogP contribution in [0, 0.1) is 0 Å². The number of methoxy groups -OCH3 is 2. The molecule has 0 aliphatic carbocycles. The summed E-state index contributed by atoms with van der Waals surface area (Å²) in [5, 5.41) is 3.61. The first-order chi connectivity index (χ1) is 13.7. The van der Waals surface area contributed by atoms with Crippen molar-refractivity contribution in [3.05, 3.63) is 54.6 Å². The molecule has 3 rings (SSSR count). The summed E-state index contributed by atoms with van der Waals surface area (Å²) in [5.41, 5.74) is 2.86. The van der Waals surface area contributed by atoms with E-state index in [1.165, 1.54) is 11.8 Å². The largest absolute Gasteiger partial charge is 0.497 e. The van der Waals surface area contributed by atoms with Crippen molar-refractivity contribution in [2.45, 2.75) is 5.03 Å². The van der Waals surface area contributed by atoms with Gasteiger partial charge in [-0.2, -0.15) is 0 Å². The predicted octanol–water partition coefficient (Wildman–Crippen LogP) is 3.61. The van der Waals surface area contributed by atoms with Crippen molar-refractivity contribution in [2.75, 3.05) is 33.1 Å². The van der Waals surface area contributed by atoms with Crippen molar-refractivity contribution in [3.8, 4) is 28.4 Å². The van der Waals surface area contributed by atoms with Crippen LogP contribution in [0.3, 0.4) is 0 Å². The van der Waals surface area contributed by atoms with Gasteiger partial charge in [0.1, 0.15) is 16.6 Å². The predicted molar refractivity (Wildman–Crippen MR) is 112 cm³/mol. The van der Waals surface area contributed by atoms with Crippen LogP contribution in [0.25, 0.3) is 22.6 Å². The number of aromatic amines is 1. The fraction of sp³-hybridized carbons (Fsp3) is 0.238. The van der Waals surface area contributed by atoms with Gasteiger partial charge in [0, 0.05) is 24.8 Å². The number of nitrogens with zero attached hydrogens (tertiary/aromatic N) is 1. The maximum Gasteiger partial charge on any atom is 0.230 e. The number of benzene rings is 2. The Bertz CT molecular complexity index is 895. The van der Waals surface area contributed by atoms with Gasteiger partial charge in [0.15, 0.2) is 0 Å². The first-order valence-corrected chi connectivity index (χ1v) is 9.88. The van der Waals surface area contributed by atoms with Crippen LogP contribution in [0.2, 0.25) is 0 Å². The first kappa shape index (κ1) is 20.0. The monoisotopic (exact) mass is 397 g/mol. The minimum Gasteiger partial charge on any atom is -0.497 e. The van der Waals surface area contributed by atoms with Gasteiger partial charge in [-0.15, -0.1) is 0 Å². The standard InChI is InChI=1S/C21H23N3O3S/c1-26-13-12-22-18(25)14-28-21-19(15-8-10-17(27-2)11-9-15)23-20(24-21)16-6-4-3-5-7-16/h3-11H,12-14H2,1-2H3,(H,22,25)(H,23,24). The van der Waals surface area contributed by atoms with Crippen LogP contribution in [0.5, 0.6) is 5.75 Å². The third kappa shape index (κ3) is 5.15. The Morgan fingerprint density at radius 1 is 1.07 bits per heavy atom. The minimum atomic E-state index is -0.0491. The topological polar surface area (TPSA) is 76.2 Å². The Hall–Kier alpha value is -2.77. The van der Waals surface area contributed by atoms with Crippen molar-refractivity contribution in [2.24, 2.45) is 0 Å². The number of nitrogens with one attached hydrogen (secondary N) is 2. The van der Waals surface area contributed by atoms with Crippen LogP contribution in [0.15, 0.2) is 59.6 Å². The van der Waals surface area contributed by atoms with E-state index in [1.54, 1.807) is 14.2 Å². The molecule has 28 heavy (non-hydrogen) atoms. The number of carbonyl (C=O) groups excluding carboxylic acids is 1. The van der Waals surface area contributed by atoms with Crippen LogP contribution >= 0.6 is 11.8 Å². The highest BCUT2D eigenvalue weighted by Crippen LogP contribution is 2.33. The van der Waals surface area contributed by atoms with E-state index in [1.807, 2.05) is 54.6 Å². The fourth-order valence-corrected chi connectivity index (χ4v) is 3.46. The van der Waals surface area contributed by atoms with Gasteiger partial charge in [-0.05, 0) is 24.3 Å². The summed E-state index contributed by atoms with van der Waals surface area (Å²) in [6.45, 7) is 0.991. The van der Waals surface area contributed by atoms with E-state index < -0.39 is 0 Å². The second-order valence-electron chi connectivity index (χ2n) is 5.99. The van der Waals surface area contributed by atoms with Crippen molar-refractivity contribution >= 4 is 17.7 Å². The number of aromatic nitrogens is 2. The summed E-state index contributed by atoms with van der Waals surface area (Å²) in [6.07, 6.45) is 0. The van der Waals surface area contributed by atoms with E-state index >= 15 is 0 Å². The van der Waals surface area contributed by atoms with Gasteiger partial charge in [0.25, 0.3) is 0 Å². The molecule has 0 bridgehead atoms. The van der Waals surface area contributed by atoms with Crippen LogP contribution in [-0.2, 0) is 9.53 Å². The highest BCUT2D eigenvalue weighted by molar-refractivity contribution is 8.00. The molecule has 0 radical (unpaired) electrons. The van der Waals surface area contributed by atoms with Gasteiger partial charge in [0.2, 0.25) is 5.91 Å². The van der Waals surface area contributed by atoms with E-state index in [2.05, 4.69) is 10.3 Å². The zero-order valence-electron chi connectivity index (χ0n) is 15.9. The molecule has 0 unspecified atom stereocenters. The molecule has 1 amide bonds. The Morgan fingerprint density at radius 3 is 2.50 bits per heavy atom. The second kappa shape index (κ2) is 9.96. The molecule has 1 heterocycles. The summed E-state index contributed by atoms with van der Waals surface area (Å²) >= 11 is 1.41. The zero-order chi connectivity index (χ0) is 19.8. The van der Waals surface area contributed by atoms with Crippen molar-refractivity contribution in [1.29, 1.82) is 0 Å². The van der Waals surface area contributed by atoms with Gasteiger partial charge in [0.05, 0.1) is 25.2 Å². The number of carbonyl (C=O) groups is 1. The molecule has 0 saturated carbocycles. The van der Waals surface area contributed by atoms with Crippen LogP contribution < -0.4 is 10.1 Å². The summed E-state index contributed by atoms with van der Waals surface area (Å²) in [7, 11) is 3.25. The quantitative estimate of drug-likeness (QED) is 0.426. The van der Waals surface area contributed by atoms with Gasteiger partial charge in [-0.1, -0.05) is 42.1 Å². The lowest BCUT2D eigenvalue weighted by molar-refractivity contribution is -0.118. The lowest BCUT2D eigenvalue weighted by atomic mass is 10.1. The number of H-pyrrole nitrogens is 1. The lowest BCUT2D eigenvalue weighted by Crippen LogP contribution is -2.28. The number of thioether (sulfide) groups is 1. The normalized spacial score (nSPS) is 10.6. The molecule has 0 spiro atoms. The smallest absolute Gasteiger partial charge is 0.230 e.